The Bertz CT molecular complexity index is 389. The average molecular weight is 269 g/mol. The lowest BCUT2D eigenvalue weighted by molar-refractivity contribution is -0.143. The second-order valence-electron chi connectivity index (χ2n) is 4.35. The predicted molar refractivity (Wildman–Crippen MR) is 71.7 cm³/mol. The molecular weight excluding hydrogens is 250 g/mol. The SMILES string of the molecule is CCC(C)[C@H](NC(=O)CCc1cccs1)C(=O)O. The number of carboxylic acid groups (broad SMARTS) is 1. The molecule has 0 aliphatic carbocycles. The van der Waals surface area contributed by atoms with Crippen molar-refractivity contribution >= 4 is 23.2 Å². The van der Waals surface area contributed by atoms with Crippen molar-refractivity contribution in [3.63, 3.8) is 0 Å². The summed E-state index contributed by atoms with van der Waals surface area (Å²) < 4.78 is 0. The Kier molecular flexibility index (Phi) is 5.85. The van der Waals surface area contributed by atoms with Gasteiger partial charge < -0.3 is 10.4 Å². The van der Waals surface area contributed by atoms with E-state index in [2.05, 4.69) is 5.32 Å². The van der Waals surface area contributed by atoms with Gasteiger partial charge in [0.2, 0.25) is 5.91 Å². The Balaban J connectivity index is 2.44. The predicted octanol–water partition coefficient (Wildman–Crippen LogP) is 2.30. The van der Waals surface area contributed by atoms with Crippen LogP contribution in [0, 0.1) is 5.92 Å². The van der Waals surface area contributed by atoms with Crippen molar-refractivity contribution in [1.29, 1.82) is 0 Å². The van der Waals surface area contributed by atoms with Crippen LogP contribution in [0.1, 0.15) is 31.6 Å². The first kappa shape index (κ1) is 14.7. The van der Waals surface area contributed by atoms with Crippen LogP contribution in [0.2, 0.25) is 0 Å². The fourth-order valence-corrected chi connectivity index (χ4v) is 2.33. The van der Waals surface area contributed by atoms with Crippen LogP contribution in [-0.4, -0.2) is 23.0 Å². The first-order valence-electron chi connectivity index (χ1n) is 6.09. The van der Waals surface area contributed by atoms with Gasteiger partial charge in [0.1, 0.15) is 6.04 Å². The van der Waals surface area contributed by atoms with Gasteiger partial charge in [-0.05, 0) is 23.8 Å². The largest absolute Gasteiger partial charge is 0.480 e. The molecule has 2 atom stereocenters. The molecule has 0 saturated heterocycles. The van der Waals surface area contributed by atoms with E-state index in [1.165, 1.54) is 0 Å². The molecule has 0 aliphatic heterocycles. The third-order valence-corrected chi connectivity index (χ3v) is 3.91. The molecule has 0 aromatic carbocycles. The second-order valence-corrected chi connectivity index (χ2v) is 5.38. The average Bonchev–Trinajstić information content (AvgIpc) is 2.85. The summed E-state index contributed by atoms with van der Waals surface area (Å²) >= 11 is 1.60. The van der Waals surface area contributed by atoms with E-state index in [4.69, 9.17) is 5.11 Å². The zero-order valence-electron chi connectivity index (χ0n) is 10.7. The Morgan fingerprint density at radius 2 is 2.22 bits per heavy atom. The minimum absolute atomic E-state index is 0.0619. The van der Waals surface area contributed by atoms with E-state index in [-0.39, 0.29) is 11.8 Å². The van der Waals surface area contributed by atoms with Gasteiger partial charge in [-0.1, -0.05) is 26.3 Å². The van der Waals surface area contributed by atoms with Crippen LogP contribution in [0.15, 0.2) is 17.5 Å². The topological polar surface area (TPSA) is 66.4 Å². The lowest BCUT2D eigenvalue weighted by Gasteiger charge is -2.19. The molecular formula is C13H19NO3S. The van der Waals surface area contributed by atoms with Crippen molar-refractivity contribution in [2.45, 2.75) is 39.2 Å². The van der Waals surface area contributed by atoms with Gasteiger partial charge in [0, 0.05) is 11.3 Å². The van der Waals surface area contributed by atoms with E-state index in [0.29, 0.717) is 12.8 Å². The van der Waals surface area contributed by atoms with E-state index in [9.17, 15) is 9.59 Å². The summed E-state index contributed by atoms with van der Waals surface area (Å²) in [5.41, 5.74) is 0. The van der Waals surface area contributed by atoms with Crippen LogP contribution in [0.5, 0.6) is 0 Å². The standard InChI is InChI=1S/C13H19NO3S/c1-3-9(2)12(13(16)17)14-11(15)7-6-10-5-4-8-18-10/h4-5,8-9,12H,3,6-7H2,1-2H3,(H,14,15)(H,16,17)/t9?,12-/m0/s1. The maximum atomic E-state index is 11.7. The minimum Gasteiger partial charge on any atom is -0.480 e. The van der Waals surface area contributed by atoms with Crippen molar-refractivity contribution < 1.29 is 14.7 Å². The van der Waals surface area contributed by atoms with E-state index in [1.807, 2.05) is 31.4 Å². The summed E-state index contributed by atoms with van der Waals surface area (Å²) in [4.78, 5) is 23.9. The molecule has 1 aromatic rings. The second kappa shape index (κ2) is 7.16. The number of hydrogen-bond donors (Lipinski definition) is 2. The maximum Gasteiger partial charge on any atom is 0.326 e. The maximum absolute atomic E-state index is 11.7. The molecule has 0 radical (unpaired) electrons. The molecule has 0 saturated carbocycles. The highest BCUT2D eigenvalue weighted by Gasteiger charge is 2.24. The number of rotatable bonds is 7. The van der Waals surface area contributed by atoms with Crippen molar-refractivity contribution in [3.8, 4) is 0 Å². The van der Waals surface area contributed by atoms with Crippen molar-refractivity contribution in [1.82, 2.24) is 5.32 Å². The van der Waals surface area contributed by atoms with Gasteiger partial charge in [-0.15, -0.1) is 11.3 Å². The molecule has 5 heteroatoms. The van der Waals surface area contributed by atoms with Gasteiger partial charge in [-0.3, -0.25) is 4.79 Å². The van der Waals surface area contributed by atoms with E-state index in [1.54, 1.807) is 11.3 Å². The van der Waals surface area contributed by atoms with E-state index in [0.717, 1.165) is 11.3 Å². The molecule has 0 bridgehead atoms. The van der Waals surface area contributed by atoms with Crippen molar-refractivity contribution in [3.05, 3.63) is 22.4 Å². The molecule has 1 rings (SSSR count). The molecule has 1 amide bonds. The number of carbonyl (C=O) groups is 2. The number of hydrogen-bond acceptors (Lipinski definition) is 3. The van der Waals surface area contributed by atoms with Gasteiger partial charge in [0.15, 0.2) is 0 Å². The highest BCUT2D eigenvalue weighted by molar-refractivity contribution is 7.09. The monoisotopic (exact) mass is 269 g/mol. The van der Waals surface area contributed by atoms with Gasteiger partial charge in [-0.25, -0.2) is 4.79 Å². The van der Waals surface area contributed by atoms with Crippen LogP contribution in [0.3, 0.4) is 0 Å². The molecule has 2 N–H and O–H groups in total. The van der Waals surface area contributed by atoms with Crippen LogP contribution in [-0.2, 0) is 16.0 Å². The molecule has 1 unspecified atom stereocenters. The number of amides is 1. The Hall–Kier alpha value is -1.36. The Morgan fingerprint density at radius 1 is 1.50 bits per heavy atom. The van der Waals surface area contributed by atoms with Crippen LogP contribution >= 0.6 is 11.3 Å². The quantitative estimate of drug-likeness (QED) is 0.798. The fraction of sp³-hybridized carbons (Fsp3) is 0.538. The summed E-state index contributed by atoms with van der Waals surface area (Å²) in [5, 5.41) is 13.6. The normalized spacial score (nSPS) is 13.9. The van der Waals surface area contributed by atoms with Gasteiger partial charge in [-0.2, -0.15) is 0 Å². The molecule has 0 spiro atoms. The molecule has 1 heterocycles. The highest BCUT2D eigenvalue weighted by atomic mass is 32.1. The lowest BCUT2D eigenvalue weighted by Crippen LogP contribution is -2.45. The van der Waals surface area contributed by atoms with Crippen molar-refractivity contribution in [2.24, 2.45) is 5.92 Å². The minimum atomic E-state index is -0.964. The zero-order valence-corrected chi connectivity index (χ0v) is 11.5. The van der Waals surface area contributed by atoms with E-state index < -0.39 is 12.0 Å². The Labute approximate surface area is 111 Å². The van der Waals surface area contributed by atoms with Crippen molar-refractivity contribution in [2.75, 3.05) is 0 Å². The van der Waals surface area contributed by atoms with Crippen LogP contribution in [0.25, 0.3) is 0 Å². The molecule has 100 valence electrons. The summed E-state index contributed by atoms with van der Waals surface area (Å²) in [6, 6.07) is 3.13. The first-order valence-corrected chi connectivity index (χ1v) is 6.97. The summed E-state index contributed by atoms with van der Waals surface area (Å²) in [5.74, 6) is -1.22. The molecule has 1 aromatic heterocycles. The summed E-state index contributed by atoms with van der Waals surface area (Å²) in [6.07, 6.45) is 1.72. The van der Waals surface area contributed by atoms with Gasteiger partial charge >= 0.3 is 5.97 Å². The smallest absolute Gasteiger partial charge is 0.326 e. The number of thiophene rings is 1. The molecule has 0 aliphatic rings. The number of aryl methyl sites for hydroxylation is 1. The van der Waals surface area contributed by atoms with Crippen LogP contribution < -0.4 is 5.32 Å². The first-order chi connectivity index (χ1) is 8.54. The number of carboxylic acids is 1. The van der Waals surface area contributed by atoms with Gasteiger partial charge in [0.05, 0.1) is 0 Å². The Morgan fingerprint density at radius 3 is 2.72 bits per heavy atom. The number of nitrogens with one attached hydrogen (secondary N) is 1. The van der Waals surface area contributed by atoms with E-state index >= 15 is 0 Å². The fourth-order valence-electron chi connectivity index (χ4n) is 1.62. The molecule has 18 heavy (non-hydrogen) atoms. The van der Waals surface area contributed by atoms with Crippen LogP contribution in [0.4, 0.5) is 0 Å². The number of carbonyl (C=O) groups excluding carboxylic acids is 1. The third-order valence-electron chi connectivity index (χ3n) is 2.97. The third kappa shape index (κ3) is 4.49. The summed E-state index contributed by atoms with van der Waals surface area (Å²) in [7, 11) is 0. The molecule has 0 fully saturated rings. The number of aliphatic carboxylic acids is 1. The zero-order chi connectivity index (χ0) is 13.5. The lowest BCUT2D eigenvalue weighted by atomic mass is 9.99. The molecule has 4 nitrogen and oxygen atoms in total. The summed E-state index contributed by atoms with van der Waals surface area (Å²) in [6.45, 7) is 3.75. The van der Waals surface area contributed by atoms with Gasteiger partial charge in [0.25, 0.3) is 0 Å². The highest BCUT2D eigenvalue weighted by Crippen LogP contribution is 2.12.